The quantitative estimate of drug-likeness (QED) is 0.355. The van der Waals surface area contributed by atoms with Crippen molar-refractivity contribution in [1.29, 1.82) is 0 Å². The molecule has 0 saturated carbocycles. The largest absolute Gasteiger partial charge is 0.457 e. The van der Waals surface area contributed by atoms with Crippen molar-refractivity contribution in [2.24, 2.45) is 5.92 Å². The predicted octanol–water partition coefficient (Wildman–Crippen LogP) is 5.73. The number of nitrogens with one attached hydrogen (secondary N) is 1. The van der Waals surface area contributed by atoms with Crippen LogP contribution in [0.15, 0.2) is 84.9 Å². The van der Waals surface area contributed by atoms with Gasteiger partial charge >= 0.3 is 0 Å². The van der Waals surface area contributed by atoms with Gasteiger partial charge in [0.05, 0.1) is 13.2 Å². The van der Waals surface area contributed by atoms with Crippen LogP contribution in [0, 0.1) is 5.92 Å². The van der Waals surface area contributed by atoms with E-state index in [1.54, 1.807) is 0 Å². The number of ether oxygens (including phenoxy) is 2. The van der Waals surface area contributed by atoms with Gasteiger partial charge in [-0.25, -0.2) is 0 Å². The highest BCUT2D eigenvalue weighted by molar-refractivity contribution is 5.90. The smallest absolute Gasteiger partial charge is 0.220 e. The van der Waals surface area contributed by atoms with Crippen molar-refractivity contribution in [1.82, 2.24) is 5.32 Å². The first-order chi connectivity index (χ1) is 16.5. The van der Waals surface area contributed by atoms with Crippen molar-refractivity contribution in [2.45, 2.75) is 45.8 Å². The molecule has 0 aliphatic heterocycles. The van der Waals surface area contributed by atoms with Gasteiger partial charge in [-0.3, -0.25) is 9.59 Å². The van der Waals surface area contributed by atoms with Gasteiger partial charge in [0.2, 0.25) is 5.91 Å². The number of hydrogen-bond donors (Lipinski definition) is 1. The summed E-state index contributed by atoms with van der Waals surface area (Å²) in [5.74, 6) is 1.67. The fraction of sp³-hybridized carbons (Fsp3) is 0.310. The van der Waals surface area contributed by atoms with E-state index in [4.69, 9.17) is 9.47 Å². The van der Waals surface area contributed by atoms with Crippen LogP contribution < -0.4 is 10.1 Å². The Bertz CT molecular complexity index is 1020. The molecule has 0 aliphatic carbocycles. The van der Waals surface area contributed by atoms with Crippen molar-refractivity contribution in [2.75, 3.05) is 6.61 Å². The summed E-state index contributed by atoms with van der Waals surface area (Å²) < 4.78 is 11.6. The van der Waals surface area contributed by atoms with Gasteiger partial charge in [-0.15, -0.1) is 0 Å². The first-order valence-electron chi connectivity index (χ1n) is 11.7. The Morgan fingerprint density at radius 1 is 0.794 bits per heavy atom. The number of amides is 1. The van der Waals surface area contributed by atoms with Gasteiger partial charge in [-0.1, -0.05) is 74.5 Å². The van der Waals surface area contributed by atoms with Gasteiger partial charge in [0.1, 0.15) is 17.5 Å². The second kappa shape index (κ2) is 13.3. The molecule has 0 radical (unpaired) electrons. The number of ketones is 1. The molecule has 0 aliphatic rings. The zero-order valence-electron chi connectivity index (χ0n) is 19.9. The summed E-state index contributed by atoms with van der Waals surface area (Å²) in [5, 5.41) is 2.88. The predicted molar refractivity (Wildman–Crippen MR) is 134 cm³/mol. The van der Waals surface area contributed by atoms with Crippen molar-refractivity contribution < 1.29 is 19.1 Å². The Hall–Kier alpha value is -3.44. The second-order valence-electron chi connectivity index (χ2n) is 8.76. The van der Waals surface area contributed by atoms with E-state index in [1.165, 1.54) is 0 Å². The van der Waals surface area contributed by atoms with Crippen molar-refractivity contribution >= 4 is 11.7 Å². The van der Waals surface area contributed by atoms with Crippen LogP contribution in [-0.2, 0) is 27.4 Å². The number of benzene rings is 3. The molecular formula is C29H33NO4. The lowest BCUT2D eigenvalue weighted by Crippen LogP contribution is -2.44. The fourth-order valence-corrected chi connectivity index (χ4v) is 3.39. The maximum absolute atomic E-state index is 13.1. The lowest BCUT2D eigenvalue weighted by Gasteiger charge is -2.19. The topological polar surface area (TPSA) is 64.6 Å². The Kier molecular flexibility index (Phi) is 9.86. The first-order valence-corrected chi connectivity index (χ1v) is 11.7. The number of para-hydroxylation sites is 1. The minimum absolute atomic E-state index is 0.0808. The maximum atomic E-state index is 13.1. The molecule has 1 atom stereocenters. The van der Waals surface area contributed by atoms with Crippen LogP contribution in [0.3, 0.4) is 0 Å². The van der Waals surface area contributed by atoms with Crippen LogP contribution in [0.4, 0.5) is 0 Å². The van der Waals surface area contributed by atoms with Crippen molar-refractivity contribution in [3.05, 3.63) is 96.1 Å². The van der Waals surface area contributed by atoms with E-state index < -0.39 is 6.04 Å². The lowest BCUT2D eigenvalue weighted by molar-refractivity contribution is -0.129. The lowest BCUT2D eigenvalue weighted by atomic mass is 10.0. The standard InChI is InChI=1S/C29H33NO4/c1-22(2)13-18-29(32)30-27(21-33-20-24-9-5-3-6-10-24)28(31)19-23-14-16-26(17-15-23)34-25-11-7-4-8-12-25/h3-12,14-17,22,27H,13,18-21H2,1-2H3,(H,30,32). The molecule has 0 spiro atoms. The molecule has 1 amide bonds. The number of hydrogen-bond acceptors (Lipinski definition) is 4. The summed E-state index contributed by atoms with van der Waals surface area (Å²) in [6, 6.07) is 26.1. The summed E-state index contributed by atoms with van der Waals surface area (Å²) in [4.78, 5) is 25.5. The molecule has 5 heteroatoms. The van der Waals surface area contributed by atoms with E-state index in [0.29, 0.717) is 24.7 Å². The molecular weight excluding hydrogens is 426 g/mol. The average Bonchev–Trinajstić information content (AvgIpc) is 2.84. The highest BCUT2D eigenvalue weighted by Gasteiger charge is 2.21. The third-order valence-electron chi connectivity index (χ3n) is 5.35. The van der Waals surface area contributed by atoms with E-state index in [2.05, 4.69) is 19.2 Å². The summed E-state index contributed by atoms with van der Waals surface area (Å²) in [6.45, 7) is 4.67. The maximum Gasteiger partial charge on any atom is 0.220 e. The van der Waals surface area contributed by atoms with Crippen LogP contribution in [0.5, 0.6) is 11.5 Å². The number of Topliss-reactive ketones (excluding diaryl/α,β-unsaturated/α-hetero) is 1. The average molecular weight is 460 g/mol. The molecule has 3 rings (SSSR count). The van der Waals surface area contributed by atoms with Crippen LogP contribution in [0.25, 0.3) is 0 Å². The molecule has 5 nitrogen and oxygen atoms in total. The zero-order chi connectivity index (χ0) is 24.2. The first kappa shape index (κ1) is 25.2. The van der Waals surface area contributed by atoms with Gasteiger partial charge in [0.15, 0.2) is 5.78 Å². The van der Waals surface area contributed by atoms with Crippen molar-refractivity contribution in [3.63, 3.8) is 0 Å². The molecule has 3 aromatic carbocycles. The van der Waals surface area contributed by atoms with Gasteiger partial charge in [-0.05, 0) is 47.7 Å². The Balaban J connectivity index is 1.58. The summed E-state index contributed by atoms with van der Waals surface area (Å²) >= 11 is 0. The van der Waals surface area contributed by atoms with Gasteiger partial charge in [0, 0.05) is 12.8 Å². The van der Waals surface area contributed by atoms with Crippen LogP contribution >= 0.6 is 0 Å². The fourth-order valence-electron chi connectivity index (χ4n) is 3.39. The van der Waals surface area contributed by atoms with Crippen LogP contribution in [0.2, 0.25) is 0 Å². The minimum Gasteiger partial charge on any atom is -0.457 e. The van der Waals surface area contributed by atoms with Gasteiger partial charge < -0.3 is 14.8 Å². The summed E-state index contributed by atoms with van der Waals surface area (Å²) in [6.07, 6.45) is 1.38. The monoisotopic (exact) mass is 459 g/mol. The molecule has 3 aromatic rings. The van der Waals surface area contributed by atoms with Gasteiger partial charge in [-0.2, -0.15) is 0 Å². The molecule has 1 unspecified atom stereocenters. The third kappa shape index (κ3) is 8.83. The Labute approximate surface area is 202 Å². The molecule has 0 aromatic heterocycles. The van der Waals surface area contributed by atoms with E-state index in [-0.39, 0.29) is 24.7 Å². The van der Waals surface area contributed by atoms with Gasteiger partial charge in [0.25, 0.3) is 0 Å². The van der Waals surface area contributed by atoms with E-state index in [1.807, 2.05) is 84.9 Å². The SMILES string of the molecule is CC(C)CCC(=O)NC(COCc1ccccc1)C(=O)Cc1ccc(Oc2ccccc2)cc1. The molecule has 0 saturated heterocycles. The number of rotatable bonds is 13. The van der Waals surface area contributed by atoms with Crippen LogP contribution in [0.1, 0.15) is 37.8 Å². The highest BCUT2D eigenvalue weighted by Crippen LogP contribution is 2.21. The molecule has 0 fully saturated rings. The van der Waals surface area contributed by atoms with E-state index >= 15 is 0 Å². The van der Waals surface area contributed by atoms with Crippen molar-refractivity contribution in [3.8, 4) is 11.5 Å². The Morgan fingerprint density at radius 3 is 2.06 bits per heavy atom. The highest BCUT2D eigenvalue weighted by atomic mass is 16.5. The molecule has 1 N–H and O–H groups in total. The molecule has 0 heterocycles. The zero-order valence-corrected chi connectivity index (χ0v) is 19.9. The molecule has 178 valence electrons. The van der Waals surface area contributed by atoms with Crippen LogP contribution in [-0.4, -0.2) is 24.3 Å². The third-order valence-corrected chi connectivity index (χ3v) is 5.35. The second-order valence-corrected chi connectivity index (χ2v) is 8.76. The van der Waals surface area contributed by atoms with E-state index in [0.717, 1.165) is 23.3 Å². The number of carbonyl (C=O) groups excluding carboxylic acids is 2. The number of carbonyl (C=O) groups is 2. The molecule has 0 bridgehead atoms. The minimum atomic E-state index is -0.691. The molecule has 34 heavy (non-hydrogen) atoms. The summed E-state index contributed by atoms with van der Waals surface area (Å²) in [5.41, 5.74) is 1.88. The Morgan fingerprint density at radius 2 is 1.41 bits per heavy atom. The van der Waals surface area contributed by atoms with E-state index in [9.17, 15) is 9.59 Å². The normalized spacial score (nSPS) is 11.7. The summed E-state index contributed by atoms with van der Waals surface area (Å²) in [7, 11) is 0.